The maximum absolute atomic E-state index is 12.1. The van der Waals surface area contributed by atoms with Gasteiger partial charge in [0.15, 0.2) is 0 Å². The zero-order valence-corrected chi connectivity index (χ0v) is 16.8. The highest BCUT2D eigenvalue weighted by Crippen LogP contribution is 2.23. The maximum atomic E-state index is 12.1. The summed E-state index contributed by atoms with van der Waals surface area (Å²) in [4.78, 5) is 14.2. The highest BCUT2D eigenvalue weighted by molar-refractivity contribution is 5.78. The van der Waals surface area contributed by atoms with Crippen molar-refractivity contribution >= 4 is 11.5 Å². The van der Waals surface area contributed by atoms with E-state index < -0.39 is 0 Å². The number of aromatic nitrogens is 2. The minimum absolute atomic E-state index is 0.115. The Morgan fingerprint density at radius 3 is 2.78 bits per heavy atom. The van der Waals surface area contributed by atoms with Crippen molar-refractivity contribution in [3.63, 3.8) is 0 Å². The maximum Gasteiger partial charge on any atom is 0.234 e. The van der Waals surface area contributed by atoms with E-state index in [2.05, 4.69) is 66.6 Å². The number of rotatable bonds is 6. The van der Waals surface area contributed by atoms with E-state index in [4.69, 9.17) is 0 Å². The number of amides is 1. The van der Waals surface area contributed by atoms with Crippen LogP contribution in [0.5, 0.6) is 0 Å². The van der Waals surface area contributed by atoms with Crippen molar-refractivity contribution in [1.29, 1.82) is 0 Å². The van der Waals surface area contributed by atoms with Gasteiger partial charge in [0.25, 0.3) is 0 Å². The number of aryl methyl sites for hydroxylation is 2. The van der Waals surface area contributed by atoms with E-state index in [-0.39, 0.29) is 11.9 Å². The quantitative estimate of drug-likeness (QED) is 0.851. The van der Waals surface area contributed by atoms with Gasteiger partial charge in [-0.25, -0.2) is 4.68 Å². The van der Waals surface area contributed by atoms with Crippen molar-refractivity contribution in [2.75, 3.05) is 19.6 Å². The van der Waals surface area contributed by atoms with Crippen molar-refractivity contribution in [2.24, 2.45) is 0 Å². The van der Waals surface area contributed by atoms with Gasteiger partial charge < -0.3 is 5.32 Å². The molecule has 0 radical (unpaired) electrons. The van der Waals surface area contributed by atoms with E-state index in [9.17, 15) is 4.79 Å². The average molecular weight is 367 g/mol. The van der Waals surface area contributed by atoms with Crippen LogP contribution >= 0.6 is 0 Å². The monoisotopic (exact) mass is 366 g/mol. The first-order valence-electron chi connectivity index (χ1n) is 9.79. The lowest BCUT2D eigenvalue weighted by atomic mass is 10.0. The Balaban J connectivity index is 1.62. The van der Waals surface area contributed by atoms with Gasteiger partial charge in [-0.3, -0.25) is 9.69 Å². The molecule has 2 aromatic rings. The third-order valence-electron chi connectivity index (χ3n) is 5.39. The van der Waals surface area contributed by atoms with Gasteiger partial charge >= 0.3 is 0 Å². The van der Waals surface area contributed by atoms with Crippen LogP contribution in [0.3, 0.4) is 0 Å². The summed E-state index contributed by atoms with van der Waals surface area (Å²) in [6, 6.07) is 6.64. The predicted octanol–water partition coefficient (Wildman–Crippen LogP) is 3.49. The molecule has 1 N–H and O–H groups in total. The van der Waals surface area contributed by atoms with E-state index in [0.29, 0.717) is 6.54 Å². The first-order valence-corrected chi connectivity index (χ1v) is 9.79. The lowest BCUT2D eigenvalue weighted by molar-refractivity contribution is -0.122. The summed E-state index contributed by atoms with van der Waals surface area (Å²) in [5.74, 6) is 0.115. The van der Waals surface area contributed by atoms with Gasteiger partial charge in [-0.1, -0.05) is 19.1 Å². The van der Waals surface area contributed by atoms with Crippen LogP contribution in [0, 0.1) is 13.8 Å². The second-order valence-corrected chi connectivity index (χ2v) is 7.53. The van der Waals surface area contributed by atoms with E-state index >= 15 is 0 Å². The molecule has 0 aliphatic carbocycles. The zero-order chi connectivity index (χ0) is 19.4. The lowest BCUT2D eigenvalue weighted by Gasteiger charge is -2.26. The van der Waals surface area contributed by atoms with Crippen LogP contribution in [0.1, 0.15) is 43.4 Å². The molecule has 0 unspecified atom stereocenters. The molecular formula is C22H30N4O. The number of benzene rings is 1. The van der Waals surface area contributed by atoms with Crippen molar-refractivity contribution in [2.45, 2.75) is 46.6 Å². The fourth-order valence-electron chi connectivity index (χ4n) is 3.24. The van der Waals surface area contributed by atoms with Gasteiger partial charge in [-0.05, 0) is 62.4 Å². The van der Waals surface area contributed by atoms with E-state index in [0.717, 1.165) is 37.2 Å². The van der Waals surface area contributed by atoms with Crippen molar-refractivity contribution in [1.82, 2.24) is 20.0 Å². The van der Waals surface area contributed by atoms with E-state index in [1.54, 1.807) is 0 Å². The number of carbonyl (C=O) groups is 1. The van der Waals surface area contributed by atoms with Gasteiger partial charge in [0, 0.05) is 30.9 Å². The lowest BCUT2D eigenvalue weighted by Crippen LogP contribution is -2.42. The molecular weight excluding hydrogens is 336 g/mol. The molecule has 5 nitrogen and oxygen atoms in total. The first kappa shape index (κ1) is 19.4. The normalized spacial score (nSPS) is 16.1. The van der Waals surface area contributed by atoms with Crippen LogP contribution < -0.4 is 5.32 Å². The number of hydrogen-bond acceptors (Lipinski definition) is 3. The van der Waals surface area contributed by atoms with Gasteiger partial charge in [-0.2, -0.15) is 5.10 Å². The van der Waals surface area contributed by atoms with Gasteiger partial charge in [-0.15, -0.1) is 0 Å². The number of nitrogens with zero attached hydrogens (tertiary/aromatic N) is 3. The highest BCUT2D eigenvalue weighted by atomic mass is 16.2. The van der Waals surface area contributed by atoms with Gasteiger partial charge in [0.2, 0.25) is 5.91 Å². The molecule has 1 aromatic heterocycles. The first-order chi connectivity index (χ1) is 13.0. The summed E-state index contributed by atoms with van der Waals surface area (Å²) >= 11 is 0. The molecule has 0 bridgehead atoms. The minimum atomic E-state index is 0.115. The Kier molecular flexibility index (Phi) is 6.11. The summed E-state index contributed by atoms with van der Waals surface area (Å²) in [7, 11) is 0. The molecule has 0 spiro atoms. The third-order valence-corrected chi connectivity index (χ3v) is 5.39. The average Bonchev–Trinajstić information content (AvgIpc) is 3.14. The second-order valence-electron chi connectivity index (χ2n) is 7.53. The number of hydrogen-bond donors (Lipinski definition) is 1. The fraction of sp³-hybridized carbons (Fsp3) is 0.455. The molecule has 1 aliphatic rings. The molecule has 27 heavy (non-hydrogen) atoms. The number of carbonyl (C=O) groups excluding carboxylic acids is 1. The van der Waals surface area contributed by atoms with Crippen LogP contribution in [0.25, 0.3) is 11.3 Å². The molecule has 144 valence electrons. The fourth-order valence-corrected chi connectivity index (χ4v) is 3.24. The van der Waals surface area contributed by atoms with Crippen LogP contribution in [-0.4, -0.2) is 46.3 Å². The molecule has 1 aromatic carbocycles. The molecule has 0 fully saturated rings. The Bertz CT molecular complexity index is 837. The molecule has 1 amide bonds. The summed E-state index contributed by atoms with van der Waals surface area (Å²) < 4.78 is 1.94. The van der Waals surface area contributed by atoms with Crippen LogP contribution in [0.4, 0.5) is 0 Å². The van der Waals surface area contributed by atoms with Gasteiger partial charge in [0.05, 0.1) is 18.4 Å². The topological polar surface area (TPSA) is 50.2 Å². The van der Waals surface area contributed by atoms with Gasteiger partial charge in [0.1, 0.15) is 0 Å². The number of nitrogens with one attached hydrogen (secondary N) is 1. The molecule has 1 aliphatic heterocycles. The minimum Gasteiger partial charge on any atom is -0.353 e. The molecule has 3 rings (SSSR count). The molecule has 0 saturated carbocycles. The predicted molar refractivity (Wildman–Crippen MR) is 110 cm³/mol. The summed E-state index contributed by atoms with van der Waals surface area (Å²) in [5, 5.41) is 7.58. The van der Waals surface area contributed by atoms with E-state index in [1.807, 2.05) is 17.8 Å². The smallest absolute Gasteiger partial charge is 0.234 e. The Labute approximate surface area is 162 Å². The van der Waals surface area contributed by atoms with Crippen molar-refractivity contribution in [3.8, 4) is 5.69 Å². The molecule has 0 saturated heterocycles. The Hall–Kier alpha value is -2.40. The molecule has 1 atom stereocenters. The largest absolute Gasteiger partial charge is 0.353 e. The standard InChI is InChI=1S/C22H30N4O/c1-5-18(4)24-22(27)15-25-10-8-19(9-11-25)20-13-23-26(14-20)21-7-6-16(2)17(3)12-21/h6-8,12-14,18H,5,9-11,15H2,1-4H3,(H,24,27)/t18-/m0/s1. The Morgan fingerprint density at radius 1 is 1.30 bits per heavy atom. The molecule has 5 heteroatoms. The van der Waals surface area contributed by atoms with Crippen LogP contribution in [0.15, 0.2) is 36.7 Å². The third kappa shape index (κ3) is 4.86. The van der Waals surface area contributed by atoms with Crippen LogP contribution in [0.2, 0.25) is 0 Å². The highest BCUT2D eigenvalue weighted by Gasteiger charge is 2.17. The zero-order valence-electron chi connectivity index (χ0n) is 16.8. The summed E-state index contributed by atoms with van der Waals surface area (Å²) in [6.07, 6.45) is 8.16. The Morgan fingerprint density at radius 2 is 2.11 bits per heavy atom. The summed E-state index contributed by atoms with van der Waals surface area (Å²) in [6.45, 7) is 10.5. The van der Waals surface area contributed by atoms with Crippen molar-refractivity contribution < 1.29 is 4.79 Å². The van der Waals surface area contributed by atoms with Crippen molar-refractivity contribution in [3.05, 3.63) is 53.4 Å². The van der Waals surface area contributed by atoms with E-state index in [1.165, 1.54) is 16.7 Å². The summed E-state index contributed by atoms with van der Waals surface area (Å²) in [5.41, 5.74) is 6.12. The second kappa shape index (κ2) is 8.53. The van der Waals surface area contributed by atoms with Crippen LogP contribution in [-0.2, 0) is 4.79 Å². The molecule has 2 heterocycles. The SMILES string of the molecule is CC[C@H](C)NC(=O)CN1CC=C(c2cnn(-c3ccc(C)c(C)c3)c2)CC1.